The van der Waals surface area contributed by atoms with Crippen LogP contribution in [0.5, 0.6) is 0 Å². The first-order valence-electron chi connectivity index (χ1n) is 9.13. The van der Waals surface area contributed by atoms with Gasteiger partial charge in [-0.1, -0.05) is 31.0 Å². The van der Waals surface area contributed by atoms with Crippen LogP contribution in [0.2, 0.25) is 0 Å². The monoisotopic (exact) mass is 341 g/mol. The van der Waals surface area contributed by atoms with Crippen molar-refractivity contribution >= 4 is 22.7 Å². The van der Waals surface area contributed by atoms with E-state index < -0.39 is 5.41 Å². The van der Waals surface area contributed by atoms with Gasteiger partial charge in [-0.15, -0.1) is 0 Å². The first kappa shape index (κ1) is 17.5. The molecular weight excluding hydrogens is 314 g/mol. The van der Waals surface area contributed by atoms with E-state index in [-0.39, 0.29) is 17.9 Å². The van der Waals surface area contributed by atoms with E-state index in [2.05, 4.69) is 21.7 Å². The fraction of sp³-hybridized carbons (Fsp3) is 0.500. The van der Waals surface area contributed by atoms with E-state index in [0.29, 0.717) is 6.54 Å². The minimum absolute atomic E-state index is 0.177. The lowest BCUT2D eigenvalue weighted by molar-refractivity contribution is -0.141. The smallest absolute Gasteiger partial charge is 0.235 e. The van der Waals surface area contributed by atoms with Crippen LogP contribution in [-0.2, 0) is 16.0 Å². The maximum absolute atomic E-state index is 12.5. The second-order valence-electron chi connectivity index (χ2n) is 7.45. The van der Waals surface area contributed by atoms with Crippen molar-refractivity contribution < 1.29 is 9.59 Å². The zero-order valence-corrected chi connectivity index (χ0v) is 15.0. The van der Waals surface area contributed by atoms with Gasteiger partial charge in [0.25, 0.3) is 0 Å². The molecule has 0 bridgehead atoms. The number of benzene rings is 1. The highest BCUT2D eigenvalue weighted by Crippen LogP contribution is 2.22. The van der Waals surface area contributed by atoms with E-state index in [9.17, 15) is 9.59 Å². The molecule has 5 heteroatoms. The van der Waals surface area contributed by atoms with Crippen LogP contribution in [0.15, 0.2) is 30.5 Å². The van der Waals surface area contributed by atoms with Crippen molar-refractivity contribution in [2.75, 3.05) is 6.54 Å². The Morgan fingerprint density at radius 2 is 1.88 bits per heavy atom. The topological polar surface area (TPSA) is 74.0 Å². The molecule has 0 radical (unpaired) electrons. The van der Waals surface area contributed by atoms with Gasteiger partial charge >= 0.3 is 0 Å². The SMILES string of the molecule is CC(C)(C(=O)NCCc1c[nH]c2ccccc12)C(=O)NC1CCCC1. The number of fused-ring (bicyclic) bond motifs is 1. The summed E-state index contributed by atoms with van der Waals surface area (Å²) in [6.07, 6.45) is 7.06. The summed E-state index contributed by atoms with van der Waals surface area (Å²) >= 11 is 0. The summed E-state index contributed by atoms with van der Waals surface area (Å²) < 4.78 is 0. The van der Waals surface area contributed by atoms with E-state index >= 15 is 0 Å². The number of hydrogen-bond acceptors (Lipinski definition) is 2. The zero-order chi connectivity index (χ0) is 17.9. The summed E-state index contributed by atoms with van der Waals surface area (Å²) in [6, 6.07) is 8.34. The third-order valence-corrected chi connectivity index (χ3v) is 5.18. The summed E-state index contributed by atoms with van der Waals surface area (Å²) in [4.78, 5) is 28.2. The molecule has 3 N–H and O–H groups in total. The Kier molecular flexibility index (Phi) is 5.11. The molecule has 3 rings (SSSR count). The van der Waals surface area contributed by atoms with Crippen LogP contribution in [0.1, 0.15) is 45.1 Å². The molecule has 0 saturated heterocycles. The first-order valence-corrected chi connectivity index (χ1v) is 9.13. The van der Waals surface area contributed by atoms with Gasteiger partial charge in [-0.25, -0.2) is 0 Å². The molecule has 0 spiro atoms. The van der Waals surface area contributed by atoms with Crippen molar-refractivity contribution in [1.82, 2.24) is 15.6 Å². The average molecular weight is 341 g/mol. The lowest BCUT2D eigenvalue weighted by Gasteiger charge is -2.25. The van der Waals surface area contributed by atoms with Gasteiger partial charge in [0.1, 0.15) is 5.41 Å². The Balaban J connectivity index is 1.53. The van der Waals surface area contributed by atoms with Gasteiger partial charge in [0.05, 0.1) is 0 Å². The van der Waals surface area contributed by atoms with Crippen LogP contribution in [0.4, 0.5) is 0 Å². The highest BCUT2D eigenvalue weighted by Gasteiger charge is 2.37. The molecular formula is C20H27N3O2. The second kappa shape index (κ2) is 7.30. The molecule has 1 saturated carbocycles. The maximum Gasteiger partial charge on any atom is 0.235 e. The predicted molar refractivity (Wildman–Crippen MR) is 99.2 cm³/mol. The number of H-pyrrole nitrogens is 1. The molecule has 1 heterocycles. The van der Waals surface area contributed by atoms with Crippen LogP contribution in [0.25, 0.3) is 10.9 Å². The first-order chi connectivity index (χ1) is 12.0. The second-order valence-corrected chi connectivity index (χ2v) is 7.45. The molecule has 5 nitrogen and oxygen atoms in total. The number of amides is 2. The molecule has 1 aromatic carbocycles. The van der Waals surface area contributed by atoms with Crippen LogP contribution in [0.3, 0.4) is 0 Å². The standard InChI is InChI=1S/C20H27N3O2/c1-20(2,19(25)23-15-7-3-4-8-15)18(24)21-12-11-14-13-22-17-10-6-5-9-16(14)17/h5-6,9-10,13,15,22H,3-4,7-8,11-12H2,1-2H3,(H,21,24)(H,23,25). The molecule has 2 amide bonds. The van der Waals surface area contributed by atoms with E-state index in [1.807, 2.05) is 24.4 Å². The summed E-state index contributed by atoms with van der Waals surface area (Å²) in [5.41, 5.74) is 1.22. The van der Waals surface area contributed by atoms with Crippen LogP contribution in [-0.4, -0.2) is 29.4 Å². The average Bonchev–Trinajstić information content (AvgIpc) is 3.24. The van der Waals surface area contributed by atoms with Crippen molar-refractivity contribution in [2.45, 2.75) is 52.0 Å². The van der Waals surface area contributed by atoms with Gasteiger partial charge in [0.15, 0.2) is 0 Å². The lowest BCUT2D eigenvalue weighted by Crippen LogP contribution is -2.50. The largest absolute Gasteiger partial charge is 0.361 e. The van der Waals surface area contributed by atoms with Crippen molar-refractivity contribution in [3.63, 3.8) is 0 Å². The maximum atomic E-state index is 12.5. The highest BCUT2D eigenvalue weighted by molar-refractivity contribution is 6.04. The fourth-order valence-electron chi connectivity index (χ4n) is 3.41. The van der Waals surface area contributed by atoms with Gasteiger partial charge in [-0.3, -0.25) is 9.59 Å². The van der Waals surface area contributed by atoms with Crippen molar-refractivity contribution in [3.05, 3.63) is 36.0 Å². The number of nitrogens with one attached hydrogen (secondary N) is 3. The summed E-state index contributed by atoms with van der Waals surface area (Å²) in [5.74, 6) is -0.396. The van der Waals surface area contributed by atoms with Crippen LogP contribution >= 0.6 is 0 Å². The molecule has 0 atom stereocenters. The minimum atomic E-state index is -1.05. The normalized spacial score (nSPS) is 15.4. The number of carbonyl (C=O) groups is 2. The van der Waals surface area contributed by atoms with Gasteiger partial charge in [0, 0.05) is 29.7 Å². The van der Waals surface area contributed by atoms with Crippen LogP contribution in [0, 0.1) is 5.41 Å². The molecule has 25 heavy (non-hydrogen) atoms. The van der Waals surface area contributed by atoms with Crippen LogP contribution < -0.4 is 10.6 Å². The molecule has 1 aromatic heterocycles. The number of para-hydroxylation sites is 1. The summed E-state index contributed by atoms with van der Waals surface area (Å²) in [7, 11) is 0. The Labute approximate surface area is 148 Å². The third kappa shape index (κ3) is 3.86. The number of hydrogen-bond donors (Lipinski definition) is 3. The van der Waals surface area contributed by atoms with E-state index in [0.717, 1.165) is 37.6 Å². The predicted octanol–water partition coefficient (Wildman–Crippen LogP) is 2.91. The molecule has 2 aromatic rings. The van der Waals surface area contributed by atoms with Crippen molar-refractivity contribution in [3.8, 4) is 0 Å². The summed E-state index contributed by atoms with van der Waals surface area (Å²) in [5, 5.41) is 7.12. The number of aromatic amines is 1. The number of rotatable bonds is 6. The Morgan fingerprint density at radius 1 is 1.16 bits per heavy atom. The molecule has 1 aliphatic rings. The third-order valence-electron chi connectivity index (χ3n) is 5.18. The Bertz CT molecular complexity index is 757. The van der Waals surface area contributed by atoms with Gasteiger partial charge in [-0.2, -0.15) is 0 Å². The zero-order valence-electron chi connectivity index (χ0n) is 15.0. The van der Waals surface area contributed by atoms with E-state index in [1.165, 1.54) is 10.9 Å². The van der Waals surface area contributed by atoms with E-state index in [1.54, 1.807) is 13.8 Å². The summed E-state index contributed by atoms with van der Waals surface area (Å²) in [6.45, 7) is 3.90. The Morgan fingerprint density at radius 3 is 2.64 bits per heavy atom. The highest BCUT2D eigenvalue weighted by atomic mass is 16.2. The molecule has 0 unspecified atom stereocenters. The van der Waals surface area contributed by atoms with Gasteiger partial charge in [-0.05, 0) is 44.7 Å². The van der Waals surface area contributed by atoms with E-state index in [4.69, 9.17) is 0 Å². The quantitative estimate of drug-likeness (QED) is 0.707. The number of carbonyl (C=O) groups excluding carboxylic acids is 2. The van der Waals surface area contributed by atoms with Gasteiger partial charge < -0.3 is 15.6 Å². The van der Waals surface area contributed by atoms with Crippen molar-refractivity contribution in [2.24, 2.45) is 5.41 Å². The molecule has 1 aliphatic carbocycles. The Hall–Kier alpha value is -2.30. The molecule has 1 fully saturated rings. The lowest BCUT2D eigenvalue weighted by atomic mass is 9.90. The van der Waals surface area contributed by atoms with Gasteiger partial charge in [0.2, 0.25) is 11.8 Å². The van der Waals surface area contributed by atoms with Crippen molar-refractivity contribution in [1.29, 1.82) is 0 Å². The minimum Gasteiger partial charge on any atom is -0.361 e. The molecule has 0 aliphatic heterocycles. The molecule has 134 valence electrons. The number of aromatic nitrogens is 1. The fourth-order valence-corrected chi connectivity index (χ4v) is 3.41.